The van der Waals surface area contributed by atoms with Gasteiger partial charge in [-0.3, -0.25) is 4.79 Å². The lowest BCUT2D eigenvalue weighted by Gasteiger charge is -2.16. The minimum atomic E-state index is -0.161. The normalized spacial score (nSPS) is 15.6. The van der Waals surface area contributed by atoms with Crippen LogP contribution in [-0.2, 0) is 16.0 Å². The first-order chi connectivity index (χ1) is 15.5. The van der Waals surface area contributed by atoms with Crippen molar-refractivity contribution in [2.45, 2.75) is 45.6 Å². The number of aromatic nitrogens is 3. The van der Waals surface area contributed by atoms with Gasteiger partial charge >= 0.3 is 0 Å². The van der Waals surface area contributed by atoms with Crippen molar-refractivity contribution in [2.24, 2.45) is 0 Å². The van der Waals surface area contributed by atoms with Crippen molar-refractivity contribution in [1.82, 2.24) is 14.6 Å². The molecule has 8 nitrogen and oxygen atoms in total. The Morgan fingerprint density at radius 2 is 2.28 bits per heavy atom. The summed E-state index contributed by atoms with van der Waals surface area (Å²) in [4.78, 5) is 17.2. The summed E-state index contributed by atoms with van der Waals surface area (Å²) in [5.74, 6) is 0.403. The molecule has 1 atom stereocenters. The van der Waals surface area contributed by atoms with E-state index in [0.29, 0.717) is 40.7 Å². The van der Waals surface area contributed by atoms with Crippen molar-refractivity contribution in [3.05, 3.63) is 51.9 Å². The molecular formula is C23H24ClN5O3. The highest BCUT2D eigenvalue weighted by Gasteiger charge is 2.18. The summed E-state index contributed by atoms with van der Waals surface area (Å²) >= 11 is 6.14. The largest absolute Gasteiger partial charge is 0.489 e. The topological polar surface area (TPSA) is 102 Å². The molecule has 4 rings (SSSR count). The molecule has 1 fully saturated rings. The van der Waals surface area contributed by atoms with E-state index in [0.717, 1.165) is 36.4 Å². The predicted octanol–water partition coefficient (Wildman–Crippen LogP) is 4.00. The number of nitrogens with zero attached hydrogens (tertiary/aromatic N) is 4. The lowest BCUT2D eigenvalue weighted by molar-refractivity contribution is -0.116. The first kappa shape index (κ1) is 22.1. The average Bonchev–Trinajstić information content (AvgIpc) is 3.42. The van der Waals surface area contributed by atoms with Crippen molar-refractivity contribution in [1.29, 1.82) is 5.26 Å². The van der Waals surface area contributed by atoms with Crippen LogP contribution in [0.1, 0.15) is 41.8 Å². The van der Waals surface area contributed by atoms with Crippen molar-refractivity contribution in [3.8, 4) is 11.8 Å². The summed E-state index contributed by atoms with van der Waals surface area (Å²) in [7, 11) is 0. The van der Waals surface area contributed by atoms with Crippen LogP contribution >= 0.6 is 11.6 Å². The second-order valence-corrected chi connectivity index (χ2v) is 8.24. The fourth-order valence-electron chi connectivity index (χ4n) is 3.89. The lowest BCUT2D eigenvalue weighted by Crippen LogP contribution is -2.18. The van der Waals surface area contributed by atoms with E-state index in [-0.39, 0.29) is 18.4 Å². The first-order valence-electron chi connectivity index (χ1n) is 10.5. The molecule has 0 spiro atoms. The van der Waals surface area contributed by atoms with Gasteiger partial charge in [0.1, 0.15) is 24.0 Å². The van der Waals surface area contributed by atoms with E-state index < -0.39 is 0 Å². The molecule has 0 bridgehead atoms. The number of amides is 1. The van der Waals surface area contributed by atoms with Gasteiger partial charge in [0, 0.05) is 29.4 Å². The summed E-state index contributed by atoms with van der Waals surface area (Å²) < 4.78 is 13.1. The third kappa shape index (κ3) is 4.69. The average molecular weight is 454 g/mol. The number of halogens is 1. The fourth-order valence-corrected chi connectivity index (χ4v) is 4.06. The molecule has 1 amide bonds. The number of rotatable bonds is 7. The minimum absolute atomic E-state index is 0.0754. The Hall–Kier alpha value is -3.15. The molecule has 32 heavy (non-hydrogen) atoms. The van der Waals surface area contributed by atoms with E-state index in [4.69, 9.17) is 21.1 Å². The Morgan fingerprint density at radius 1 is 1.44 bits per heavy atom. The van der Waals surface area contributed by atoms with Crippen LogP contribution in [-0.4, -0.2) is 39.8 Å². The summed E-state index contributed by atoms with van der Waals surface area (Å²) in [6.07, 6.45) is 4.32. The summed E-state index contributed by atoms with van der Waals surface area (Å²) in [6.45, 7) is 4.98. The van der Waals surface area contributed by atoms with Gasteiger partial charge in [-0.25, -0.2) is 9.50 Å². The minimum Gasteiger partial charge on any atom is -0.489 e. The Kier molecular flexibility index (Phi) is 6.58. The quantitative estimate of drug-likeness (QED) is 0.580. The molecule has 3 aromatic rings. The number of aryl methyl sites for hydroxylation is 2. The molecule has 0 aliphatic carbocycles. The fraction of sp³-hybridized carbons (Fsp3) is 0.391. The molecule has 0 saturated carbocycles. The highest BCUT2D eigenvalue weighted by Crippen LogP contribution is 2.29. The molecule has 2 aromatic heterocycles. The summed E-state index contributed by atoms with van der Waals surface area (Å²) in [6, 6.07) is 7.27. The Bertz CT molecular complexity index is 1190. The molecule has 9 heteroatoms. The highest BCUT2D eigenvalue weighted by molar-refractivity contribution is 6.31. The molecule has 166 valence electrons. The molecule has 1 unspecified atom stereocenters. The zero-order valence-corrected chi connectivity index (χ0v) is 18.8. The Labute approximate surface area is 191 Å². The van der Waals surface area contributed by atoms with Crippen LogP contribution in [0, 0.1) is 25.2 Å². The molecule has 1 saturated heterocycles. The zero-order chi connectivity index (χ0) is 22.7. The van der Waals surface area contributed by atoms with Crippen molar-refractivity contribution in [3.63, 3.8) is 0 Å². The van der Waals surface area contributed by atoms with Gasteiger partial charge in [-0.15, -0.1) is 0 Å². The number of ether oxygens (including phenoxy) is 2. The number of hydrogen-bond donors (Lipinski definition) is 1. The number of nitrogens with one attached hydrogen (secondary N) is 1. The SMILES string of the molecule is Cc1nc2c(C#N)cnn2c(C)c1CCC(=O)Nc1cc(Cl)ccc1OCC1CCCO1. The van der Waals surface area contributed by atoms with Crippen molar-refractivity contribution in [2.75, 3.05) is 18.5 Å². The molecule has 3 heterocycles. The van der Waals surface area contributed by atoms with Crippen molar-refractivity contribution >= 4 is 28.8 Å². The molecule has 1 aromatic carbocycles. The standard InChI is InChI=1S/C23H24ClN5O3/c1-14-19(15(2)29-23(27-14)16(11-25)12-26-29)6-8-22(30)28-20-10-17(24)5-7-21(20)32-13-18-4-3-9-31-18/h5,7,10,12,18H,3-4,6,8-9,13H2,1-2H3,(H,28,30). The van der Waals surface area contributed by atoms with E-state index in [1.165, 1.54) is 6.20 Å². The number of benzene rings is 1. The Balaban J connectivity index is 1.44. The van der Waals surface area contributed by atoms with Gasteiger partial charge in [-0.1, -0.05) is 11.6 Å². The van der Waals surface area contributed by atoms with Crippen LogP contribution in [0.4, 0.5) is 5.69 Å². The van der Waals surface area contributed by atoms with Crippen LogP contribution in [0.25, 0.3) is 5.65 Å². The third-order valence-electron chi connectivity index (χ3n) is 5.60. The van der Waals surface area contributed by atoms with Crippen LogP contribution in [0.15, 0.2) is 24.4 Å². The second-order valence-electron chi connectivity index (χ2n) is 7.80. The number of anilines is 1. The van der Waals surface area contributed by atoms with Gasteiger partial charge in [0.2, 0.25) is 5.91 Å². The highest BCUT2D eigenvalue weighted by atomic mass is 35.5. The Morgan fingerprint density at radius 3 is 3.03 bits per heavy atom. The zero-order valence-electron chi connectivity index (χ0n) is 18.0. The van der Waals surface area contributed by atoms with E-state index in [9.17, 15) is 10.1 Å². The number of hydrogen-bond acceptors (Lipinski definition) is 6. The molecule has 1 N–H and O–H groups in total. The van der Waals surface area contributed by atoms with E-state index in [1.807, 2.05) is 13.8 Å². The van der Waals surface area contributed by atoms with Crippen molar-refractivity contribution < 1.29 is 14.3 Å². The summed E-state index contributed by atoms with van der Waals surface area (Å²) in [5, 5.41) is 16.9. The molecule has 1 aliphatic heterocycles. The lowest BCUT2D eigenvalue weighted by atomic mass is 10.1. The van der Waals surface area contributed by atoms with Gasteiger partial charge in [0.05, 0.1) is 18.0 Å². The van der Waals surface area contributed by atoms with Crippen LogP contribution in [0.2, 0.25) is 5.02 Å². The number of carbonyl (C=O) groups excluding carboxylic acids is 1. The first-order valence-corrected chi connectivity index (χ1v) is 10.9. The van der Waals surface area contributed by atoms with E-state index >= 15 is 0 Å². The number of carbonyl (C=O) groups is 1. The van der Waals surface area contributed by atoms with Gasteiger partial charge < -0.3 is 14.8 Å². The van der Waals surface area contributed by atoms with Crippen LogP contribution in [0.3, 0.4) is 0 Å². The van der Waals surface area contributed by atoms with E-state index in [1.54, 1.807) is 22.7 Å². The molecular weight excluding hydrogens is 430 g/mol. The smallest absolute Gasteiger partial charge is 0.224 e. The maximum Gasteiger partial charge on any atom is 0.224 e. The van der Waals surface area contributed by atoms with Gasteiger partial charge in [-0.05, 0) is 56.9 Å². The van der Waals surface area contributed by atoms with Gasteiger partial charge in [-0.2, -0.15) is 10.4 Å². The number of nitriles is 1. The maximum atomic E-state index is 12.7. The molecule has 0 radical (unpaired) electrons. The maximum absolute atomic E-state index is 12.7. The van der Waals surface area contributed by atoms with E-state index in [2.05, 4.69) is 21.5 Å². The summed E-state index contributed by atoms with van der Waals surface area (Å²) in [5.41, 5.74) is 4.07. The van der Waals surface area contributed by atoms with Gasteiger partial charge in [0.15, 0.2) is 5.65 Å². The van der Waals surface area contributed by atoms with Gasteiger partial charge in [0.25, 0.3) is 0 Å². The predicted molar refractivity (Wildman–Crippen MR) is 120 cm³/mol. The second kappa shape index (κ2) is 9.55. The van der Waals surface area contributed by atoms with Crippen LogP contribution in [0.5, 0.6) is 5.75 Å². The monoisotopic (exact) mass is 453 g/mol. The number of fused-ring (bicyclic) bond motifs is 1. The third-order valence-corrected chi connectivity index (χ3v) is 5.83. The van der Waals surface area contributed by atoms with Crippen LogP contribution < -0.4 is 10.1 Å². The molecule has 1 aliphatic rings.